The van der Waals surface area contributed by atoms with Crippen molar-refractivity contribution in [2.45, 2.75) is 6.61 Å². The lowest BCUT2D eigenvalue weighted by atomic mass is 10.3. The number of nitrogens with one attached hydrogen (secondary N) is 1. The van der Waals surface area contributed by atoms with Gasteiger partial charge in [-0.1, -0.05) is 58.0 Å². The fourth-order valence-corrected chi connectivity index (χ4v) is 3.02. The van der Waals surface area contributed by atoms with Crippen molar-refractivity contribution in [3.05, 3.63) is 48.8 Å². The van der Waals surface area contributed by atoms with Gasteiger partial charge in [-0.2, -0.15) is 0 Å². The van der Waals surface area contributed by atoms with Gasteiger partial charge in [0.25, 0.3) is 5.91 Å². The normalized spacial score (nSPS) is 10.8. The van der Waals surface area contributed by atoms with Crippen molar-refractivity contribution in [3.63, 3.8) is 0 Å². The Morgan fingerprint density at radius 1 is 1.04 bits per heavy atom. The zero-order valence-corrected chi connectivity index (χ0v) is 16.6. The lowest BCUT2D eigenvalue weighted by Crippen LogP contribution is -2.26. The molecule has 0 aliphatic carbocycles. The number of carbonyl (C=O) groups excluding carboxylic acids is 1. The average molecular weight is 448 g/mol. The van der Waals surface area contributed by atoms with Crippen LogP contribution in [-0.2, 0) is 11.3 Å². The minimum Gasteiger partial charge on any atom is -0.482 e. The van der Waals surface area contributed by atoms with Gasteiger partial charge in [0, 0.05) is 13.7 Å². The standard InChI is InChI=1S/C15H12Cl5NO4/c1-23-5-4-21-15(22)8-3-2-7(25-8)6-24-14-12(19)10(17)9(16)11(18)13(14)20/h2-3H,4-6H2,1H3,(H,21,22). The Labute approximate surface area is 169 Å². The second-order valence-electron chi connectivity index (χ2n) is 4.70. The number of carbonyl (C=O) groups is 1. The first kappa shape index (κ1) is 20.5. The Hall–Kier alpha value is -0.820. The quantitative estimate of drug-likeness (QED) is 0.346. The van der Waals surface area contributed by atoms with Crippen molar-refractivity contribution in [2.75, 3.05) is 20.3 Å². The summed E-state index contributed by atoms with van der Waals surface area (Å²) < 4.78 is 15.8. The van der Waals surface area contributed by atoms with Crippen LogP contribution in [0, 0.1) is 0 Å². The van der Waals surface area contributed by atoms with E-state index in [9.17, 15) is 4.79 Å². The molecule has 0 aliphatic heterocycles. The fourth-order valence-electron chi connectivity index (χ4n) is 1.79. The van der Waals surface area contributed by atoms with E-state index in [4.69, 9.17) is 71.9 Å². The molecule has 1 aromatic heterocycles. The highest BCUT2D eigenvalue weighted by atomic mass is 35.5. The molecule has 0 fully saturated rings. The number of halogens is 5. The highest BCUT2D eigenvalue weighted by molar-refractivity contribution is 6.55. The van der Waals surface area contributed by atoms with E-state index in [2.05, 4.69) is 5.32 Å². The summed E-state index contributed by atoms with van der Waals surface area (Å²) >= 11 is 30.0. The van der Waals surface area contributed by atoms with Gasteiger partial charge in [-0.15, -0.1) is 0 Å². The summed E-state index contributed by atoms with van der Waals surface area (Å²) in [6, 6.07) is 3.11. The molecular formula is C15H12Cl5NO4. The molecular weight excluding hydrogens is 435 g/mol. The van der Waals surface area contributed by atoms with Crippen molar-refractivity contribution in [1.29, 1.82) is 0 Å². The van der Waals surface area contributed by atoms with Crippen molar-refractivity contribution >= 4 is 63.9 Å². The molecule has 2 aromatic rings. The van der Waals surface area contributed by atoms with Crippen LogP contribution in [0.15, 0.2) is 16.5 Å². The third kappa shape index (κ3) is 4.88. The summed E-state index contributed by atoms with van der Waals surface area (Å²) in [6.45, 7) is 0.728. The van der Waals surface area contributed by atoms with Gasteiger partial charge in [-0.05, 0) is 12.1 Å². The smallest absolute Gasteiger partial charge is 0.287 e. The second-order valence-corrected chi connectivity index (χ2v) is 6.59. The van der Waals surface area contributed by atoms with E-state index < -0.39 is 0 Å². The molecule has 0 spiro atoms. The molecule has 136 valence electrons. The molecule has 2 rings (SSSR count). The predicted molar refractivity (Wildman–Crippen MR) is 98.7 cm³/mol. The van der Waals surface area contributed by atoms with Crippen LogP contribution < -0.4 is 10.1 Å². The molecule has 5 nitrogen and oxygen atoms in total. The first-order chi connectivity index (χ1) is 11.9. The van der Waals surface area contributed by atoms with Crippen molar-refractivity contribution in [2.24, 2.45) is 0 Å². The maximum atomic E-state index is 11.8. The minimum absolute atomic E-state index is 0.0326. The minimum atomic E-state index is -0.364. The van der Waals surface area contributed by atoms with Gasteiger partial charge in [0.05, 0.1) is 21.7 Å². The molecule has 0 saturated carbocycles. The Bertz CT molecular complexity index is 749. The van der Waals surface area contributed by atoms with E-state index in [1.165, 1.54) is 6.07 Å². The van der Waals surface area contributed by atoms with E-state index >= 15 is 0 Å². The van der Waals surface area contributed by atoms with E-state index in [0.717, 1.165) is 0 Å². The maximum Gasteiger partial charge on any atom is 0.287 e. The first-order valence-electron chi connectivity index (χ1n) is 6.86. The van der Waals surface area contributed by atoms with Gasteiger partial charge in [0.15, 0.2) is 11.5 Å². The van der Waals surface area contributed by atoms with Crippen molar-refractivity contribution in [1.82, 2.24) is 5.32 Å². The molecule has 0 saturated heterocycles. The number of hydrogen-bond donors (Lipinski definition) is 1. The van der Waals surface area contributed by atoms with Gasteiger partial charge in [0.2, 0.25) is 0 Å². The molecule has 1 N–H and O–H groups in total. The van der Waals surface area contributed by atoms with Gasteiger partial charge in [0.1, 0.15) is 22.4 Å². The number of rotatable bonds is 7. The molecule has 0 bridgehead atoms. The molecule has 10 heteroatoms. The molecule has 0 radical (unpaired) electrons. The maximum absolute atomic E-state index is 11.8. The highest BCUT2D eigenvalue weighted by Crippen LogP contribution is 2.48. The van der Waals surface area contributed by atoms with Gasteiger partial charge in [-0.3, -0.25) is 4.79 Å². The summed E-state index contributed by atoms with van der Waals surface area (Å²) in [6.07, 6.45) is 0. The Morgan fingerprint density at radius 3 is 2.24 bits per heavy atom. The summed E-state index contributed by atoms with van der Waals surface area (Å²) in [5, 5.41) is 2.81. The summed E-state index contributed by atoms with van der Waals surface area (Å²) in [5.41, 5.74) is 0. The summed E-state index contributed by atoms with van der Waals surface area (Å²) in [5.74, 6) is 0.229. The zero-order valence-electron chi connectivity index (χ0n) is 12.8. The number of furan rings is 1. The third-order valence-corrected chi connectivity index (χ3v) is 5.25. The predicted octanol–water partition coefficient (Wildman–Crippen LogP) is 5.50. The van der Waals surface area contributed by atoms with Crippen LogP contribution in [0.1, 0.15) is 16.3 Å². The Morgan fingerprint density at radius 2 is 1.64 bits per heavy atom. The second kappa shape index (κ2) is 9.21. The van der Waals surface area contributed by atoms with Crippen LogP contribution >= 0.6 is 58.0 Å². The highest BCUT2D eigenvalue weighted by Gasteiger charge is 2.21. The average Bonchev–Trinajstić information content (AvgIpc) is 3.07. The SMILES string of the molecule is COCCNC(=O)c1ccc(COc2c(Cl)c(Cl)c(Cl)c(Cl)c2Cl)o1. The van der Waals surface area contributed by atoms with Crippen molar-refractivity contribution in [3.8, 4) is 5.75 Å². The number of methoxy groups -OCH3 is 1. The van der Waals surface area contributed by atoms with E-state index in [1.807, 2.05) is 0 Å². The Kier molecular flexibility index (Phi) is 7.55. The summed E-state index contributed by atoms with van der Waals surface area (Å²) in [4.78, 5) is 11.8. The van der Waals surface area contributed by atoms with E-state index in [1.54, 1.807) is 13.2 Å². The van der Waals surface area contributed by atoms with Gasteiger partial charge < -0.3 is 19.2 Å². The molecule has 1 heterocycles. The molecule has 1 aromatic carbocycles. The van der Waals surface area contributed by atoms with Crippen LogP contribution in [0.3, 0.4) is 0 Å². The largest absolute Gasteiger partial charge is 0.482 e. The molecule has 25 heavy (non-hydrogen) atoms. The van der Waals surface area contributed by atoms with Crippen LogP contribution in [0.2, 0.25) is 25.1 Å². The van der Waals surface area contributed by atoms with Gasteiger partial charge >= 0.3 is 0 Å². The topological polar surface area (TPSA) is 60.7 Å². The third-order valence-electron chi connectivity index (χ3n) is 3.01. The molecule has 0 aliphatic rings. The van der Waals surface area contributed by atoms with Crippen LogP contribution in [0.25, 0.3) is 0 Å². The van der Waals surface area contributed by atoms with Crippen LogP contribution in [0.4, 0.5) is 0 Å². The van der Waals surface area contributed by atoms with Crippen LogP contribution in [-0.4, -0.2) is 26.2 Å². The van der Waals surface area contributed by atoms with Crippen molar-refractivity contribution < 1.29 is 18.7 Å². The monoisotopic (exact) mass is 445 g/mol. The Balaban J connectivity index is 2.07. The molecule has 0 atom stereocenters. The fraction of sp³-hybridized carbons (Fsp3) is 0.267. The van der Waals surface area contributed by atoms with E-state index in [-0.39, 0.29) is 49.1 Å². The zero-order chi connectivity index (χ0) is 18.6. The number of hydrogen-bond acceptors (Lipinski definition) is 4. The number of ether oxygens (including phenoxy) is 2. The van der Waals surface area contributed by atoms with Crippen LogP contribution in [0.5, 0.6) is 5.75 Å². The van der Waals surface area contributed by atoms with E-state index in [0.29, 0.717) is 18.9 Å². The number of amides is 1. The summed E-state index contributed by atoms with van der Waals surface area (Å²) in [7, 11) is 1.54. The number of benzene rings is 1. The lowest BCUT2D eigenvalue weighted by molar-refractivity contribution is 0.0905. The molecule has 1 amide bonds. The van der Waals surface area contributed by atoms with Gasteiger partial charge in [-0.25, -0.2) is 0 Å². The molecule has 0 unspecified atom stereocenters. The lowest BCUT2D eigenvalue weighted by Gasteiger charge is -2.12. The first-order valence-corrected chi connectivity index (χ1v) is 8.75.